The lowest BCUT2D eigenvalue weighted by Crippen LogP contribution is -2.42. The molecule has 2 atom stereocenters. The van der Waals surface area contributed by atoms with E-state index in [1.165, 1.54) is 5.69 Å². The summed E-state index contributed by atoms with van der Waals surface area (Å²) < 4.78 is 0. The summed E-state index contributed by atoms with van der Waals surface area (Å²) in [6, 6.07) is 8.32. The number of nitrogens with one attached hydrogen (secondary N) is 1. The van der Waals surface area contributed by atoms with Gasteiger partial charge < -0.3 is 15.3 Å². The summed E-state index contributed by atoms with van der Waals surface area (Å²) in [7, 11) is 0. The molecule has 1 aliphatic carbocycles. The SMILES string of the molecule is CCN(CC)c1ccc(NC2CCC2C(=O)O)cc1. The molecule has 2 unspecified atom stereocenters. The topological polar surface area (TPSA) is 52.6 Å². The first kappa shape index (κ1) is 13.7. The minimum atomic E-state index is -0.691. The van der Waals surface area contributed by atoms with Crippen LogP contribution in [0.2, 0.25) is 0 Å². The zero-order chi connectivity index (χ0) is 13.8. The molecular formula is C15H22N2O2. The van der Waals surface area contributed by atoms with Crippen LogP contribution in [-0.2, 0) is 4.79 Å². The molecule has 19 heavy (non-hydrogen) atoms. The molecule has 0 heterocycles. The van der Waals surface area contributed by atoms with Gasteiger partial charge in [0.1, 0.15) is 0 Å². The first-order valence-corrected chi connectivity index (χ1v) is 7.00. The van der Waals surface area contributed by atoms with Crippen molar-refractivity contribution in [2.75, 3.05) is 23.3 Å². The van der Waals surface area contributed by atoms with E-state index in [1.807, 2.05) is 12.1 Å². The van der Waals surface area contributed by atoms with Gasteiger partial charge in [0.2, 0.25) is 0 Å². The Morgan fingerprint density at radius 3 is 2.32 bits per heavy atom. The Morgan fingerprint density at radius 2 is 1.89 bits per heavy atom. The predicted molar refractivity (Wildman–Crippen MR) is 77.8 cm³/mol. The van der Waals surface area contributed by atoms with Crippen LogP contribution in [0.1, 0.15) is 26.7 Å². The fourth-order valence-corrected chi connectivity index (χ4v) is 2.54. The highest BCUT2D eigenvalue weighted by atomic mass is 16.4. The van der Waals surface area contributed by atoms with Gasteiger partial charge in [0.15, 0.2) is 0 Å². The fraction of sp³-hybridized carbons (Fsp3) is 0.533. The Labute approximate surface area is 114 Å². The third kappa shape index (κ3) is 3.00. The molecule has 4 heteroatoms. The molecule has 0 spiro atoms. The Bertz CT molecular complexity index is 426. The van der Waals surface area contributed by atoms with Crippen molar-refractivity contribution in [3.8, 4) is 0 Å². The van der Waals surface area contributed by atoms with Gasteiger partial charge in [-0.05, 0) is 51.0 Å². The lowest BCUT2D eigenvalue weighted by Gasteiger charge is -2.34. The van der Waals surface area contributed by atoms with Crippen molar-refractivity contribution in [3.05, 3.63) is 24.3 Å². The Kier molecular flexibility index (Phi) is 4.30. The molecular weight excluding hydrogens is 240 g/mol. The van der Waals surface area contributed by atoms with Gasteiger partial charge in [0.25, 0.3) is 0 Å². The molecule has 104 valence electrons. The van der Waals surface area contributed by atoms with Crippen molar-refractivity contribution < 1.29 is 9.90 Å². The zero-order valence-electron chi connectivity index (χ0n) is 11.6. The number of carboxylic acids is 1. The maximum absolute atomic E-state index is 11.0. The number of hydrogen-bond acceptors (Lipinski definition) is 3. The lowest BCUT2D eigenvalue weighted by molar-refractivity contribution is -0.144. The van der Waals surface area contributed by atoms with E-state index in [0.29, 0.717) is 0 Å². The van der Waals surface area contributed by atoms with Gasteiger partial charge >= 0.3 is 5.97 Å². The molecule has 0 amide bonds. The zero-order valence-corrected chi connectivity index (χ0v) is 11.6. The third-order valence-electron chi connectivity index (χ3n) is 3.94. The molecule has 2 N–H and O–H groups in total. The second-order valence-electron chi connectivity index (χ2n) is 4.99. The highest BCUT2D eigenvalue weighted by Gasteiger charge is 2.36. The Balaban J connectivity index is 1.97. The van der Waals surface area contributed by atoms with Gasteiger partial charge in [-0.2, -0.15) is 0 Å². The Morgan fingerprint density at radius 1 is 1.26 bits per heavy atom. The largest absolute Gasteiger partial charge is 0.481 e. The summed E-state index contributed by atoms with van der Waals surface area (Å²) in [5.74, 6) is -0.925. The molecule has 4 nitrogen and oxygen atoms in total. The number of anilines is 2. The van der Waals surface area contributed by atoms with E-state index in [0.717, 1.165) is 31.6 Å². The molecule has 1 aromatic rings. The van der Waals surface area contributed by atoms with Crippen LogP contribution >= 0.6 is 0 Å². The number of carbonyl (C=O) groups is 1. The molecule has 1 fully saturated rings. The number of carboxylic acid groups (broad SMARTS) is 1. The van der Waals surface area contributed by atoms with Crippen LogP contribution in [0.25, 0.3) is 0 Å². The van der Waals surface area contributed by atoms with Crippen molar-refractivity contribution in [2.24, 2.45) is 5.92 Å². The normalized spacial score (nSPS) is 21.6. The lowest BCUT2D eigenvalue weighted by atomic mass is 9.79. The van der Waals surface area contributed by atoms with Gasteiger partial charge in [-0.1, -0.05) is 0 Å². The van der Waals surface area contributed by atoms with Crippen molar-refractivity contribution >= 4 is 17.3 Å². The van der Waals surface area contributed by atoms with E-state index in [1.54, 1.807) is 0 Å². The van der Waals surface area contributed by atoms with E-state index in [-0.39, 0.29) is 12.0 Å². The molecule has 1 aliphatic rings. The van der Waals surface area contributed by atoms with Gasteiger partial charge in [-0.3, -0.25) is 4.79 Å². The Hall–Kier alpha value is -1.71. The van der Waals surface area contributed by atoms with E-state index >= 15 is 0 Å². The van der Waals surface area contributed by atoms with Gasteiger partial charge in [0.05, 0.1) is 5.92 Å². The first-order chi connectivity index (χ1) is 9.15. The van der Waals surface area contributed by atoms with E-state index < -0.39 is 5.97 Å². The molecule has 0 aliphatic heterocycles. The number of benzene rings is 1. The quantitative estimate of drug-likeness (QED) is 0.827. The summed E-state index contributed by atoms with van der Waals surface area (Å²) in [4.78, 5) is 13.2. The van der Waals surface area contributed by atoms with Crippen LogP contribution in [-0.4, -0.2) is 30.2 Å². The summed E-state index contributed by atoms with van der Waals surface area (Å²) in [5.41, 5.74) is 2.21. The van der Waals surface area contributed by atoms with Crippen molar-refractivity contribution in [1.82, 2.24) is 0 Å². The summed E-state index contributed by atoms with van der Waals surface area (Å²) >= 11 is 0. The molecule has 0 aromatic heterocycles. The number of nitrogens with zero attached hydrogens (tertiary/aromatic N) is 1. The molecule has 0 saturated heterocycles. The maximum Gasteiger partial charge on any atom is 0.308 e. The standard InChI is InChI=1S/C15H22N2O2/c1-3-17(4-2)12-7-5-11(6-8-12)16-14-10-9-13(14)15(18)19/h5-8,13-14,16H,3-4,9-10H2,1-2H3,(H,18,19). The predicted octanol–water partition coefficient (Wildman–Crippen LogP) is 2.81. The van der Waals surface area contributed by atoms with Crippen LogP contribution in [0.4, 0.5) is 11.4 Å². The monoisotopic (exact) mass is 262 g/mol. The number of rotatable bonds is 6. The second-order valence-corrected chi connectivity index (χ2v) is 4.99. The van der Waals surface area contributed by atoms with E-state index in [4.69, 9.17) is 5.11 Å². The van der Waals surface area contributed by atoms with Gasteiger partial charge in [-0.15, -0.1) is 0 Å². The fourth-order valence-electron chi connectivity index (χ4n) is 2.54. The summed E-state index contributed by atoms with van der Waals surface area (Å²) in [5, 5.41) is 12.3. The summed E-state index contributed by atoms with van der Waals surface area (Å²) in [6.07, 6.45) is 1.72. The molecule has 0 bridgehead atoms. The van der Waals surface area contributed by atoms with E-state index in [9.17, 15) is 4.79 Å². The molecule has 0 radical (unpaired) electrons. The van der Waals surface area contributed by atoms with Gasteiger partial charge in [0, 0.05) is 30.5 Å². The van der Waals surface area contributed by atoms with Crippen molar-refractivity contribution in [3.63, 3.8) is 0 Å². The molecule has 1 saturated carbocycles. The highest BCUT2D eigenvalue weighted by Crippen LogP contribution is 2.31. The van der Waals surface area contributed by atoms with Crippen LogP contribution in [0.15, 0.2) is 24.3 Å². The second kappa shape index (κ2) is 5.95. The minimum absolute atomic E-state index is 0.0804. The highest BCUT2D eigenvalue weighted by molar-refractivity contribution is 5.73. The number of hydrogen-bond donors (Lipinski definition) is 2. The maximum atomic E-state index is 11.0. The van der Waals surface area contributed by atoms with Crippen LogP contribution in [0.5, 0.6) is 0 Å². The van der Waals surface area contributed by atoms with Crippen molar-refractivity contribution in [1.29, 1.82) is 0 Å². The third-order valence-corrected chi connectivity index (χ3v) is 3.94. The average Bonchev–Trinajstić information content (AvgIpc) is 2.37. The van der Waals surface area contributed by atoms with E-state index in [2.05, 4.69) is 36.2 Å². The summed E-state index contributed by atoms with van der Waals surface area (Å²) in [6.45, 7) is 6.27. The van der Waals surface area contributed by atoms with Gasteiger partial charge in [-0.25, -0.2) is 0 Å². The molecule has 1 aromatic carbocycles. The number of aliphatic carboxylic acids is 1. The molecule has 2 rings (SSSR count). The first-order valence-electron chi connectivity index (χ1n) is 7.00. The van der Waals surface area contributed by atoms with Crippen LogP contribution in [0, 0.1) is 5.92 Å². The van der Waals surface area contributed by atoms with Crippen molar-refractivity contribution in [2.45, 2.75) is 32.7 Å². The minimum Gasteiger partial charge on any atom is -0.481 e. The average molecular weight is 262 g/mol. The van der Waals surface area contributed by atoms with Crippen LogP contribution in [0.3, 0.4) is 0 Å². The smallest absolute Gasteiger partial charge is 0.308 e. The van der Waals surface area contributed by atoms with Crippen LogP contribution < -0.4 is 10.2 Å².